The molecule has 0 bridgehead atoms. The van der Waals surface area contributed by atoms with Gasteiger partial charge < -0.3 is 9.80 Å². The number of anilines is 1. The predicted molar refractivity (Wildman–Crippen MR) is 75.1 cm³/mol. The smallest absolute Gasteiger partial charge is 0.129 e. The second-order valence-electron chi connectivity index (χ2n) is 5.88. The van der Waals surface area contributed by atoms with Crippen LogP contribution in [-0.2, 0) is 6.42 Å². The van der Waals surface area contributed by atoms with Crippen molar-refractivity contribution < 1.29 is 0 Å². The van der Waals surface area contributed by atoms with Gasteiger partial charge in [0.05, 0.1) is 0 Å². The predicted octanol–water partition coefficient (Wildman–Crippen LogP) is 2.09. The molecule has 2 fully saturated rings. The molecule has 3 heterocycles. The van der Waals surface area contributed by atoms with Crippen LogP contribution >= 0.6 is 0 Å². The van der Waals surface area contributed by atoms with Gasteiger partial charge in [-0.2, -0.15) is 0 Å². The molecular weight excluding hydrogens is 222 g/mol. The van der Waals surface area contributed by atoms with Gasteiger partial charge in [-0.25, -0.2) is 4.98 Å². The van der Waals surface area contributed by atoms with Gasteiger partial charge in [0, 0.05) is 31.4 Å². The zero-order valence-corrected chi connectivity index (χ0v) is 11.7. The second-order valence-corrected chi connectivity index (χ2v) is 5.88. The van der Waals surface area contributed by atoms with E-state index in [9.17, 15) is 0 Å². The van der Waals surface area contributed by atoms with Gasteiger partial charge in [0.1, 0.15) is 5.82 Å². The molecule has 0 aliphatic carbocycles. The number of pyridine rings is 1. The molecule has 0 unspecified atom stereocenters. The molecule has 1 aromatic rings. The van der Waals surface area contributed by atoms with E-state index in [1.54, 1.807) is 0 Å². The summed E-state index contributed by atoms with van der Waals surface area (Å²) in [4.78, 5) is 9.83. The number of likely N-dealkylation sites (N-methyl/N-ethyl adjacent to an activating group) is 1. The van der Waals surface area contributed by atoms with Crippen LogP contribution in [0.2, 0.25) is 0 Å². The summed E-state index contributed by atoms with van der Waals surface area (Å²) in [6.45, 7) is 8.00. The number of hydrogen-bond acceptors (Lipinski definition) is 3. The van der Waals surface area contributed by atoms with Gasteiger partial charge in [-0.1, -0.05) is 6.92 Å². The third-order valence-electron chi connectivity index (χ3n) is 4.40. The number of nitrogens with zero attached hydrogens (tertiary/aromatic N) is 3. The lowest BCUT2D eigenvalue weighted by atomic mass is 10.1. The van der Waals surface area contributed by atoms with E-state index < -0.39 is 0 Å². The molecule has 18 heavy (non-hydrogen) atoms. The monoisotopic (exact) mass is 245 g/mol. The molecule has 1 aromatic heterocycles. The average molecular weight is 245 g/mol. The summed E-state index contributed by atoms with van der Waals surface area (Å²) in [7, 11) is 2.23. The van der Waals surface area contributed by atoms with E-state index in [0.717, 1.165) is 12.3 Å². The maximum Gasteiger partial charge on any atom is 0.129 e. The Morgan fingerprint density at radius 1 is 1.33 bits per heavy atom. The number of aromatic nitrogens is 1. The molecular formula is C15H23N3. The van der Waals surface area contributed by atoms with Crippen molar-refractivity contribution in [1.82, 2.24) is 9.88 Å². The Morgan fingerprint density at radius 3 is 2.94 bits per heavy atom. The SMILES string of the molecule is CCc1cc(C)cc(N2CC[C@H]3CN(C)C[C@@H]32)n1. The van der Waals surface area contributed by atoms with E-state index in [4.69, 9.17) is 4.98 Å². The fourth-order valence-corrected chi connectivity index (χ4v) is 3.50. The van der Waals surface area contributed by atoms with Crippen LogP contribution in [0.25, 0.3) is 0 Å². The molecule has 98 valence electrons. The van der Waals surface area contributed by atoms with Gasteiger partial charge >= 0.3 is 0 Å². The fourth-order valence-electron chi connectivity index (χ4n) is 3.50. The fraction of sp³-hybridized carbons (Fsp3) is 0.667. The lowest BCUT2D eigenvalue weighted by Crippen LogP contribution is -2.35. The highest BCUT2D eigenvalue weighted by atomic mass is 15.3. The summed E-state index contributed by atoms with van der Waals surface area (Å²) < 4.78 is 0. The van der Waals surface area contributed by atoms with Crippen LogP contribution in [0.15, 0.2) is 12.1 Å². The topological polar surface area (TPSA) is 19.4 Å². The highest BCUT2D eigenvalue weighted by Crippen LogP contribution is 2.34. The first-order chi connectivity index (χ1) is 8.67. The maximum absolute atomic E-state index is 4.83. The van der Waals surface area contributed by atoms with Gasteiger partial charge in [-0.3, -0.25) is 0 Å². The quantitative estimate of drug-likeness (QED) is 0.795. The van der Waals surface area contributed by atoms with E-state index in [0.29, 0.717) is 6.04 Å². The van der Waals surface area contributed by atoms with Crippen LogP contribution < -0.4 is 4.90 Å². The summed E-state index contributed by atoms with van der Waals surface area (Å²) in [6, 6.07) is 5.14. The Kier molecular flexibility index (Phi) is 3.02. The lowest BCUT2D eigenvalue weighted by Gasteiger charge is -2.26. The van der Waals surface area contributed by atoms with Crippen molar-refractivity contribution in [2.24, 2.45) is 5.92 Å². The van der Waals surface area contributed by atoms with E-state index in [1.807, 2.05) is 0 Å². The normalized spacial score (nSPS) is 27.8. The summed E-state index contributed by atoms with van der Waals surface area (Å²) in [5, 5.41) is 0. The molecule has 0 saturated carbocycles. The van der Waals surface area contributed by atoms with Gasteiger partial charge in [0.2, 0.25) is 0 Å². The summed E-state index contributed by atoms with van der Waals surface area (Å²) in [6.07, 6.45) is 2.35. The number of likely N-dealkylation sites (tertiary alicyclic amines) is 1. The van der Waals surface area contributed by atoms with Crippen LogP contribution in [0.5, 0.6) is 0 Å². The highest BCUT2D eigenvalue weighted by Gasteiger charge is 2.40. The Hall–Kier alpha value is -1.09. The van der Waals surface area contributed by atoms with Crippen LogP contribution in [0, 0.1) is 12.8 Å². The average Bonchev–Trinajstić information content (AvgIpc) is 2.86. The highest BCUT2D eigenvalue weighted by molar-refractivity contribution is 5.45. The zero-order chi connectivity index (χ0) is 12.7. The molecule has 3 rings (SSSR count). The van der Waals surface area contributed by atoms with Gasteiger partial charge in [-0.15, -0.1) is 0 Å². The number of rotatable bonds is 2. The molecule has 2 atom stereocenters. The summed E-state index contributed by atoms with van der Waals surface area (Å²) in [5.74, 6) is 2.05. The minimum atomic E-state index is 0.689. The Bertz CT molecular complexity index is 443. The Morgan fingerprint density at radius 2 is 2.17 bits per heavy atom. The van der Waals surface area contributed by atoms with Crippen molar-refractivity contribution >= 4 is 5.82 Å². The Labute approximate surface area is 110 Å². The molecule has 2 saturated heterocycles. The first-order valence-corrected chi connectivity index (χ1v) is 7.10. The van der Waals surface area contributed by atoms with E-state index in [-0.39, 0.29) is 0 Å². The first-order valence-electron chi connectivity index (χ1n) is 7.10. The van der Waals surface area contributed by atoms with Gasteiger partial charge in [0.15, 0.2) is 0 Å². The molecule has 0 radical (unpaired) electrons. The minimum Gasteiger partial charge on any atom is -0.352 e. The number of hydrogen-bond donors (Lipinski definition) is 0. The number of fused-ring (bicyclic) bond motifs is 1. The van der Waals surface area contributed by atoms with E-state index in [2.05, 4.69) is 42.8 Å². The Balaban J connectivity index is 1.88. The molecule has 0 aromatic carbocycles. The second kappa shape index (κ2) is 4.54. The third kappa shape index (κ3) is 2.01. The third-order valence-corrected chi connectivity index (χ3v) is 4.40. The van der Waals surface area contributed by atoms with Crippen LogP contribution in [0.3, 0.4) is 0 Å². The van der Waals surface area contributed by atoms with Crippen molar-refractivity contribution in [2.75, 3.05) is 31.6 Å². The van der Waals surface area contributed by atoms with Crippen molar-refractivity contribution in [3.05, 3.63) is 23.4 Å². The first kappa shape index (κ1) is 12.0. The standard InChI is InChI=1S/C15H23N3/c1-4-13-7-11(2)8-15(16-13)18-6-5-12-9-17(3)10-14(12)18/h7-8,12,14H,4-6,9-10H2,1-3H3/t12-,14-/m0/s1. The molecule has 0 amide bonds. The van der Waals surface area contributed by atoms with Crippen LogP contribution in [0.4, 0.5) is 5.82 Å². The minimum absolute atomic E-state index is 0.689. The van der Waals surface area contributed by atoms with Gasteiger partial charge in [-0.05, 0) is 50.4 Å². The summed E-state index contributed by atoms with van der Waals surface area (Å²) >= 11 is 0. The molecule has 3 nitrogen and oxygen atoms in total. The van der Waals surface area contributed by atoms with Crippen LogP contribution in [-0.4, -0.2) is 42.6 Å². The number of aryl methyl sites for hydroxylation is 2. The van der Waals surface area contributed by atoms with E-state index in [1.165, 1.54) is 43.1 Å². The molecule has 0 N–H and O–H groups in total. The molecule has 2 aliphatic rings. The molecule has 0 spiro atoms. The van der Waals surface area contributed by atoms with Crippen molar-refractivity contribution in [3.63, 3.8) is 0 Å². The van der Waals surface area contributed by atoms with Crippen molar-refractivity contribution in [2.45, 2.75) is 32.7 Å². The lowest BCUT2D eigenvalue weighted by molar-refractivity contribution is 0.386. The zero-order valence-electron chi connectivity index (χ0n) is 11.7. The summed E-state index contributed by atoms with van der Waals surface area (Å²) in [5.41, 5.74) is 2.56. The molecule has 2 aliphatic heterocycles. The van der Waals surface area contributed by atoms with Crippen molar-refractivity contribution in [3.8, 4) is 0 Å². The van der Waals surface area contributed by atoms with Crippen LogP contribution in [0.1, 0.15) is 24.6 Å². The maximum atomic E-state index is 4.83. The largest absolute Gasteiger partial charge is 0.352 e. The molecule has 3 heteroatoms. The van der Waals surface area contributed by atoms with Gasteiger partial charge in [0.25, 0.3) is 0 Å². The van der Waals surface area contributed by atoms with Crippen molar-refractivity contribution in [1.29, 1.82) is 0 Å². The van der Waals surface area contributed by atoms with E-state index >= 15 is 0 Å².